The molecule has 9 heteroatoms. The highest BCUT2D eigenvalue weighted by molar-refractivity contribution is 7.71. The molecule has 0 aliphatic heterocycles. The van der Waals surface area contributed by atoms with Crippen molar-refractivity contribution in [3.8, 4) is 16.9 Å². The van der Waals surface area contributed by atoms with E-state index in [9.17, 15) is 4.79 Å². The lowest BCUT2D eigenvalue weighted by molar-refractivity contribution is 0.0954. The van der Waals surface area contributed by atoms with Gasteiger partial charge in [0.05, 0.1) is 11.3 Å². The van der Waals surface area contributed by atoms with Crippen LogP contribution in [0.15, 0.2) is 61.1 Å². The number of hydrogen-bond acceptors (Lipinski definition) is 5. The molecule has 29 heavy (non-hydrogen) atoms. The minimum Gasteiger partial charge on any atom is -0.351 e. The third-order valence-electron chi connectivity index (χ3n) is 4.52. The summed E-state index contributed by atoms with van der Waals surface area (Å²) in [6.45, 7) is 0.426. The fourth-order valence-corrected chi connectivity index (χ4v) is 3.11. The Morgan fingerprint density at radius 1 is 1.21 bits per heavy atom. The number of para-hydroxylation sites is 1. The molecule has 1 amide bonds. The molecular formula is C20H19N7OS. The van der Waals surface area contributed by atoms with E-state index in [1.807, 2.05) is 49.5 Å². The van der Waals surface area contributed by atoms with Crippen LogP contribution in [0, 0.1) is 4.77 Å². The number of H-pyrrole nitrogens is 1. The Labute approximate surface area is 172 Å². The summed E-state index contributed by atoms with van der Waals surface area (Å²) in [6.07, 6.45) is 5.69. The van der Waals surface area contributed by atoms with Crippen molar-refractivity contribution in [2.75, 3.05) is 6.54 Å². The lowest BCUT2D eigenvalue weighted by Crippen LogP contribution is -2.26. The van der Waals surface area contributed by atoms with Gasteiger partial charge in [-0.2, -0.15) is 10.2 Å². The van der Waals surface area contributed by atoms with Crippen LogP contribution in [-0.4, -0.2) is 42.0 Å². The number of carbonyl (C=O) groups is 1. The van der Waals surface area contributed by atoms with Gasteiger partial charge < -0.3 is 9.88 Å². The number of hydrogen-bond donors (Lipinski definition) is 2. The summed E-state index contributed by atoms with van der Waals surface area (Å²) in [5, 5.41) is 14.5. The van der Waals surface area contributed by atoms with Crippen LogP contribution < -0.4 is 5.32 Å². The molecule has 4 rings (SSSR count). The molecule has 0 aliphatic carbocycles. The first-order valence-corrected chi connectivity index (χ1v) is 9.48. The summed E-state index contributed by atoms with van der Waals surface area (Å²) in [4.78, 5) is 17.1. The molecule has 0 saturated carbocycles. The van der Waals surface area contributed by atoms with E-state index in [4.69, 9.17) is 12.2 Å². The van der Waals surface area contributed by atoms with Gasteiger partial charge in [0.15, 0.2) is 4.77 Å². The molecule has 0 fully saturated rings. The number of pyridine rings is 1. The van der Waals surface area contributed by atoms with Gasteiger partial charge in [-0.1, -0.05) is 18.2 Å². The van der Waals surface area contributed by atoms with Crippen molar-refractivity contribution < 1.29 is 4.79 Å². The number of amides is 1. The molecule has 1 aromatic carbocycles. The largest absolute Gasteiger partial charge is 0.351 e. The van der Waals surface area contributed by atoms with E-state index in [-0.39, 0.29) is 5.91 Å². The molecule has 4 aromatic rings. The molecule has 0 bridgehead atoms. The second-order valence-corrected chi connectivity index (χ2v) is 6.81. The highest BCUT2D eigenvalue weighted by atomic mass is 32.1. The van der Waals surface area contributed by atoms with Crippen LogP contribution in [-0.2, 0) is 13.5 Å². The van der Waals surface area contributed by atoms with Crippen LogP contribution in [0.4, 0.5) is 0 Å². The van der Waals surface area contributed by atoms with E-state index in [0.717, 1.165) is 17.1 Å². The lowest BCUT2D eigenvalue weighted by atomic mass is 10.1. The second-order valence-electron chi connectivity index (χ2n) is 6.42. The summed E-state index contributed by atoms with van der Waals surface area (Å²) >= 11 is 5.11. The van der Waals surface area contributed by atoms with Crippen molar-refractivity contribution in [2.24, 2.45) is 7.05 Å². The van der Waals surface area contributed by atoms with E-state index < -0.39 is 0 Å². The van der Waals surface area contributed by atoms with Gasteiger partial charge in [-0.25, -0.2) is 4.68 Å². The van der Waals surface area contributed by atoms with E-state index in [1.165, 1.54) is 0 Å². The van der Waals surface area contributed by atoms with E-state index in [0.29, 0.717) is 29.0 Å². The molecule has 0 radical (unpaired) electrons. The minimum atomic E-state index is -0.206. The summed E-state index contributed by atoms with van der Waals surface area (Å²) in [5.41, 5.74) is 2.72. The first-order chi connectivity index (χ1) is 14.1. The van der Waals surface area contributed by atoms with Gasteiger partial charge in [0.2, 0.25) is 0 Å². The highest BCUT2D eigenvalue weighted by Gasteiger charge is 2.18. The zero-order valence-corrected chi connectivity index (χ0v) is 16.6. The summed E-state index contributed by atoms with van der Waals surface area (Å²) < 4.78 is 4.04. The summed E-state index contributed by atoms with van der Waals surface area (Å²) in [7, 11) is 1.84. The standard InChI is InChI=1S/C20H19N7OS/c1-26-17(23-24-20(26)29)9-11-22-19(28)16-13-27(15-7-3-2-4-8-15)25-18(16)14-6-5-10-21-12-14/h2-8,10,12-13H,9,11H2,1H3,(H,22,28)(H,24,29). The SMILES string of the molecule is Cn1c(CCNC(=O)c2cn(-c3ccccc3)nc2-c2cccnc2)n[nH]c1=S. The number of aromatic nitrogens is 6. The van der Waals surface area contributed by atoms with Crippen LogP contribution >= 0.6 is 12.2 Å². The van der Waals surface area contributed by atoms with Crippen molar-refractivity contribution >= 4 is 18.1 Å². The van der Waals surface area contributed by atoms with Crippen molar-refractivity contribution in [3.63, 3.8) is 0 Å². The zero-order valence-electron chi connectivity index (χ0n) is 15.7. The van der Waals surface area contributed by atoms with Gasteiger partial charge in [0.1, 0.15) is 11.5 Å². The van der Waals surface area contributed by atoms with Crippen LogP contribution in [0.2, 0.25) is 0 Å². The smallest absolute Gasteiger partial charge is 0.255 e. The number of nitrogens with zero attached hydrogens (tertiary/aromatic N) is 5. The van der Waals surface area contributed by atoms with Crippen molar-refractivity contribution in [2.45, 2.75) is 6.42 Å². The molecule has 3 heterocycles. The van der Waals surface area contributed by atoms with E-state index >= 15 is 0 Å². The maximum Gasteiger partial charge on any atom is 0.255 e. The highest BCUT2D eigenvalue weighted by Crippen LogP contribution is 2.23. The lowest BCUT2D eigenvalue weighted by Gasteiger charge is -2.05. The Balaban J connectivity index is 1.59. The van der Waals surface area contributed by atoms with Crippen molar-refractivity contribution in [1.82, 2.24) is 34.8 Å². The monoisotopic (exact) mass is 405 g/mol. The minimum absolute atomic E-state index is 0.206. The summed E-state index contributed by atoms with van der Waals surface area (Å²) in [6, 6.07) is 13.4. The quantitative estimate of drug-likeness (QED) is 0.481. The van der Waals surface area contributed by atoms with Gasteiger partial charge in [-0.15, -0.1) is 0 Å². The Morgan fingerprint density at radius 2 is 2.03 bits per heavy atom. The molecular weight excluding hydrogens is 386 g/mol. The summed E-state index contributed by atoms with van der Waals surface area (Å²) in [5.74, 6) is 0.575. The first kappa shape index (κ1) is 18.8. The van der Waals surface area contributed by atoms with E-state index in [1.54, 1.807) is 27.8 Å². The topological polar surface area (TPSA) is 93.4 Å². The number of aromatic amines is 1. The molecule has 146 valence electrons. The molecule has 8 nitrogen and oxygen atoms in total. The van der Waals surface area contributed by atoms with Crippen LogP contribution in [0.1, 0.15) is 16.2 Å². The molecule has 0 atom stereocenters. The predicted molar refractivity (Wildman–Crippen MR) is 111 cm³/mol. The fourth-order valence-electron chi connectivity index (χ4n) is 2.96. The molecule has 0 aliphatic rings. The normalized spacial score (nSPS) is 10.8. The van der Waals surface area contributed by atoms with Crippen molar-refractivity contribution in [1.29, 1.82) is 0 Å². The fraction of sp³-hybridized carbons (Fsp3) is 0.150. The Hall–Kier alpha value is -3.59. The maximum atomic E-state index is 12.9. The molecule has 0 saturated heterocycles. The molecule has 3 aromatic heterocycles. The van der Waals surface area contributed by atoms with Crippen LogP contribution in [0.3, 0.4) is 0 Å². The Kier molecular flexibility index (Phi) is 5.30. The van der Waals surface area contributed by atoms with Gasteiger partial charge in [0.25, 0.3) is 5.91 Å². The number of benzene rings is 1. The van der Waals surface area contributed by atoms with Gasteiger partial charge in [-0.05, 0) is 36.5 Å². The Bertz CT molecular complexity index is 1180. The van der Waals surface area contributed by atoms with Gasteiger partial charge in [-0.3, -0.25) is 14.9 Å². The van der Waals surface area contributed by atoms with Gasteiger partial charge in [0, 0.05) is 44.2 Å². The zero-order chi connectivity index (χ0) is 20.2. The predicted octanol–water partition coefficient (Wildman–Crippen LogP) is 2.70. The third-order valence-corrected chi connectivity index (χ3v) is 4.89. The van der Waals surface area contributed by atoms with Crippen LogP contribution in [0.25, 0.3) is 16.9 Å². The molecule has 0 unspecified atom stereocenters. The van der Waals surface area contributed by atoms with Gasteiger partial charge >= 0.3 is 0 Å². The average Bonchev–Trinajstić information content (AvgIpc) is 3.34. The Morgan fingerprint density at radius 3 is 2.72 bits per heavy atom. The van der Waals surface area contributed by atoms with E-state index in [2.05, 4.69) is 25.6 Å². The second kappa shape index (κ2) is 8.19. The molecule has 0 spiro atoms. The van der Waals surface area contributed by atoms with Crippen LogP contribution in [0.5, 0.6) is 0 Å². The third kappa shape index (κ3) is 3.99. The molecule has 2 N–H and O–H groups in total. The number of nitrogens with one attached hydrogen (secondary N) is 2. The first-order valence-electron chi connectivity index (χ1n) is 9.07. The number of rotatable bonds is 6. The van der Waals surface area contributed by atoms with Crippen molar-refractivity contribution in [3.05, 3.63) is 77.2 Å². The number of carbonyl (C=O) groups excluding carboxylic acids is 1. The average molecular weight is 405 g/mol. The maximum absolute atomic E-state index is 12.9.